The normalized spacial score (nSPS) is 19.6. The van der Waals surface area contributed by atoms with Gasteiger partial charge in [0.1, 0.15) is 11.9 Å². The quantitative estimate of drug-likeness (QED) is 0.875. The summed E-state index contributed by atoms with van der Waals surface area (Å²) in [6.07, 6.45) is 3.21. The van der Waals surface area contributed by atoms with Crippen LogP contribution in [0.2, 0.25) is 0 Å². The van der Waals surface area contributed by atoms with E-state index in [1.165, 1.54) is 17.4 Å². The highest BCUT2D eigenvalue weighted by atomic mass is 32.1. The van der Waals surface area contributed by atoms with Gasteiger partial charge < -0.3 is 19.5 Å². The van der Waals surface area contributed by atoms with E-state index < -0.39 is 6.10 Å². The molecule has 0 radical (unpaired) electrons. The maximum Gasteiger partial charge on any atom is 0.251 e. The predicted octanol–water partition coefficient (Wildman–Crippen LogP) is 2.59. The van der Waals surface area contributed by atoms with E-state index in [2.05, 4.69) is 11.1 Å². The van der Waals surface area contributed by atoms with Gasteiger partial charge in [0.05, 0.1) is 36.1 Å². The molecule has 4 heterocycles. The van der Waals surface area contributed by atoms with E-state index in [0.717, 1.165) is 35.6 Å². The first-order chi connectivity index (χ1) is 13.0. The molecule has 2 aromatic heterocycles. The highest BCUT2D eigenvalue weighted by molar-refractivity contribution is 7.15. The number of fused-ring (bicyclic) bond motifs is 2. The van der Waals surface area contributed by atoms with E-state index in [4.69, 9.17) is 9.47 Å². The lowest BCUT2D eigenvalue weighted by molar-refractivity contribution is -0.148. The molecule has 0 aliphatic carbocycles. The van der Waals surface area contributed by atoms with Crippen LogP contribution in [-0.2, 0) is 21.6 Å². The number of ether oxygens (including phenoxy) is 2. The van der Waals surface area contributed by atoms with Crippen molar-refractivity contribution in [1.29, 1.82) is 0 Å². The largest absolute Gasteiger partial charge is 0.495 e. The summed E-state index contributed by atoms with van der Waals surface area (Å²) in [5.41, 5.74) is 1.85. The van der Waals surface area contributed by atoms with Crippen LogP contribution in [-0.4, -0.2) is 53.8 Å². The zero-order valence-electron chi connectivity index (χ0n) is 15.6. The predicted molar refractivity (Wildman–Crippen MR) is 103 cm³/mol. The number of carbonyl (C=O) groups is 1. The SMILES string of the molecule is COc1ccc(-c2cc3c(s2)CCOC32CCN(C(=O)[C@H](C)O)CC2)nc1. The number of rotatable bonds is 3. The minimum absolute atomic E-state index is 0.200. The Kier molecular flexibility index (Phi) is 4.92. The maximum absolute atomic E-state index is 12.1. The third-order valence-electron chi connectivity index (χ3n) is 5.47. The standard InChI is InChI=1S/C20H24N2O4S/c1-13(23)19(24)22-8-6-20(7-9-22)15-11-18(27-17(15)5-10-26-20)16-4-3-14(25-2)12-21-16/h3-4,11-13,23H,5-10H2,1-2H3/t13-/m0/s1. The Morgan fingerprint density at radius 1 is 1.41 bits per heavy atom. The zero-order chi connectivity index (χ0) is 19.0. The van der Waals surface area contributed by atoms with Crippen molar-refractivity contribution in [2.45, 2.75) is 37.9 Å². The van der Waals surface area contributed by atoms with Gasteiger partial charge in [0.2, 0.25) is 0 Å². The number of piperidine rings is 1. The molecule has 144 valence electrons. The molecule has 4 rings (SSSR count). The average molecular weight is 388 g/mol. The van der Waals surface area contributed by atoms with Gasteiger partial charge in [-0.2, -0.15) is 0 Å². The molecule has 1 saturated heterocycles. The van der Waals surface area contributed by atoms with Crippen LogP contribution in [0.3, 0.4) is 0 Å². The Balaban J connectivity index is 1.59. The fourth-order valence-electron chi connectivity index (χ4n) is 3.96. The van der Waals surface area contributed by atoms with E-state index in [0.29, 0.717) is 19.7 Å². The lowest BCUT2D eigenvalue weighted by atomic mass is 9.82. The minimum Gasteiger partial charge on any atom is -0.495 e. The molecule has 7 heteroatoms. The van der Waals surface area contributed by atoms with Crippen molar-refractivity contribution in [2.75, 3.05) is 26.8 Å². The van der Waals surface area contributed by atoms with Gasteiger partial charge in [-0.1, -0.05) is 0 Å². The van der Waals surface area contributed by atoms with E-state index >= 15 is 0 Å². The number of amides is 1. The highest BCUT2D eigenvalue weighted by Crippen LogP contribution is 2.46. The smallest absolute Gasteiger partial charge is 0.251 e. The van der Waals surface area contributed by atoms with Gasteiger partial charge in [-0.05, 0) is 43.5 Å². The molecule has 0 aromatic carbocycles. The highest BCUT2D eigenvalue weighted by Gasteiger charge is 2.43. The fraction of sp³-hybridized carbons (Fsp3) is 0.500. The number of aliphatic hydroxyl groups excluding tert-OH is 1. The number of hydrogen-bond acceptors (Lipinski definition) is 6. The number of hydrogen-bond donors (Lipinski definition) is 1. The van der Waals surface area contributed by atoms with Crippen LogP contribution in [0.15, 0.2) is 24.4 Å². The molecule has 1 atom stereocenters. The van der Waals surface area contributed by atoms with Crippen molar-refractivity contribution in [3.05, 3.63) is 34.8 Å². The van der Waals surface area contributed by atoms with Crippen LogP contribution in [0.25, 0.3) is 10.6 Å². The van der Waals surface area contributed by atoms with E-state index in [1.54, 1.807) is 29.5 Å². The average Bonchev–Trinajstić information content (AvgIpc) is 3.14. The lowest BCUT2D eigenvalue weighted by Crippen LogP contribution is -2.50. The van der Waals surface area contributed by atoms with E-state index in [1.807, 2.05) is 12.1 Å². The summed E-state index contributed by atoms with van der Waals surface area (Å²) < 4.78 is 11.5. The second-order valence-corrected chi connectivity index (χ2v) is 8.26. The molecule has 2 aromatic rings. The molecule has 6 nitrogen and oxygen atoms in total. The summed E-state index contributed by atoms with van der Waals surface area (Å²) in [4.78, 5) is 20.8. The monoisotopic (exact) mass is 388 g/mol. The van der Waals surface area contributed by atoms with E-state index in [-0.39, 0.29) is 11.5 Å². The summed E-state index contributed by atoms with van der Waals surface area (Å²) >= 11 is 1.78. The van der Waals surface area contributed by atoms with Crippen LogP contribution in [0, 0.1) is 0 Å². The van der Waals surface area contributed by atoms with Gasteiger partial charge in [-0.25, -0.2) is 0 Å². The van der Waals surface area contributed by atoms with E-state index in [9.17, 15) is 9.90 Å². The molecule has 2 aliphatic heterocycles. The van der Waals surface area contributed by atoms with Gasteiger partial charge in [0, 0.05) is 24.4 Å². The van der Waals surface area contributed by atoms with Crippen molar-refractivity contribution in [1.82, 2.24) is 9.88 Å². The number of aliphatic hydroxyl groups is 1. The number of likely N-dealkylation sites (tertiary alicyclic amines) is 1. The Bertz CT molecular complexity index is 823. The number of pyridine rings is 1. The number of nitrogens with zero attached hydrogens (tertiary/aromatic N) is 2. The lowest BCUT2D eigenvalue weighted by Gasteiger charge is -2.44. The maximum atomic E-state index is 12.1. The molecule has 2 aliphatic rings. The summed E-state index contributed by atoms with van der Waals surface area (Å²) in [5.74, 6) is 0.546. The van der Waals surface area contributed by atoms with Crippen molar-refractivity contribution in [2.24, 2.45) is 0 Å². The first-order valence-corrected chi connectivity index (χ1v) is 10.1. The number of thiophene rings is 1. The molecular weight excluding hydrogens is 364 g/mol. The second-order valence-electron chi connectivity index (χ2n) is 7.12. The molecule has 1 fully saturated rings. The molecule has 1 N–H and O–H groups in total. The van der Waals surface area contributed by atoms with Crippen LogP contribution in [0.5, 0.6) is 5.75 Å². The number of carbonyl (C=O) groups excluding carboxylic acids is 1. The Hall–Kier alpha value is -1.96. The van der Waals surface area contributed by atoms with Crippen molar-refractivity contribution in [3.8, 4) is 16.3 Å². The van der Waals surface area contributed by atoms with Gasteiger partial charge in [0.15, 0.2) is 0 Å². The second kappa shape index (κ2) is 7.22. The summed E-state index contributed by atoms with van der Waals surface area (Å²) in [6.45, 7) is 3.44. The van der Waals surface area contributed by atoms with Crippen LogP contribution >= 0.6 is 11.3 Å². The number of methoxy groups -OCH3 is 1. The Morgan fingerprint density at radius 2 is 2.19 bits per heavy atom. The van der Waals surface area contributed by atoms with Crippen molar-refractivity contribution in [3.63, 3.8) is 0 Å². The molecule has 0 unspecified atom stereocenters. The van der Waals surface area contributed by atoms with Gasteiger partial charge in [0.25, 0.3) is 5.91 Å². The van der Waals surface area contributed by atoms with Gasteiger partial charge >= 0.3 is 0 Å². The van der Waals surface area contributed by atoms with Crippen LogP contribution in [0.4, 0.5) is 0 Å². The number of aromatic nitrogens is 1. The molecule has 0 bridgehead atoms. The molecule has 0 saturated carbocycles. The van der Waals surface area contributed by atoms with Crippen LogP contribution < -0.4 is 4.74 Å². The summed E-state index contributed by atoms with van der Waals surface area (Å²) in [7, 11) is 1.64. The first-order valence-electron chi connectivity index (χ1n) is 9.27. The third kappa shape index (κ3) is 3.35. The van der Waals surface area contributed by atoms with Gasteiger partial charge in [-0.15, -0.1) is 11.3 Å². The fourth-order valence-corrected chi connectivity index (χ4v) is 5.16. The summed E-state index contributed by atoms with van der Waals surface area (Å²) in [5, 5.41) is 9.56. The van der Waals surface area contributed by atoms with Crippen molar-refractivity contribution < 1.29 is 19.4 Å². The zero-order valence-corrected chi connectivity index (χ0v) is 16.4. The molecule has 1 spiro atoms. The molecular formula is C20H24N2O4S. The Labute approximate surface area is 162 Å². The topological polar surface area (TPSA) is 71.9 Å². The molecule has 1 amide bonds. The third-order valence-corrected chi connectivity index (χ3v) is 6.69. The van der Waals surface area contributed by atoms with Crippen molar-refractivity contribution >= 4 is 17.2 Å². The van der Waals surface area contributed by atoms with Crippen LogP contribution in [0.1, 0.15) is 30.2 Å². The van der Waals surface area contributed by atoms with Gasteiger partial charge in [-0.3, -0.25) is 9.78 Å². The molecule has 27 heavy (non-hydrogen) atoms. The summed E-state index contributed by atoms with van der Waals surface area (Å²) in [6, 6.07) is 6.11. The first kappa shape index (κ1) is 18.4. The Morgan fingerprint density at radius 3 is 2.81 bits per heavy atom. The minimum atomic E-state index is -0.948.